The van der Waals surface area contributed by atoms with E-state index in [-0.39, 0.29) is 5.91 Å². The van der Waals surface area contributed by atoms with E-state index in [1.807, 2.05) is 30.3 Å². The fourth-order valence-corrected chi connectivity index (χ4v) is 2.58. The summed E-state index contributed by atoms with van der Waals surface area (Å²) in [7, 11) is 0. The number of fused-ring (bicyclic) bond motifs is 1. The summed E-state index contributed by atoms with van der Waals surface area (Å²) >= 11 is 0. The molecule has 2 heterocycles. The van der Waals surface area contributed by atoms with Gasteiger partial charge >= 0.3 is 0 Å². The Morgan fingerprint density at radius 1 is 1.23 bits per heavy atom. The first-order valence-electron chi connectivity index (χ1n) is 7.68. The van der Waals surface area contributed by atoms with Crippen molar-refractivity contribution in [2.75, 3.05) is 25.0 Å². The summed E-state index contributed by atoms with van der Waals surface area (Å²) in [5.74, 6) is -0.0964. The van der Waals surface area contributed by atoms with E-state index in [9.17, 15) is 4.79 Å². The van der Waals surface area contributed by atoms with Crippen molar-refractivity contribution in [3.63, 3.8) is 0 Å². The summed E-state index contributed by atoms with van der Waals surface area (Å²) < 4.78 is 0. The van der Waals surface area contributed by atoms with E-state index in [1.165, 1.54) is 0 Å². The van der Waals surface area contributed by atoms with Gasteiger partial charge in [-0.2, -0.15) is 5.10 Å². The van der Waals surface area contributed by atoms with Crippen LogP contribution in [0.3, 0.4) is 0 Å². The minimum absolute atomic E-state index is 0.0964. The molecular weight excluding hydrogens is 278 g/mol. The molecule has 2 aromatic rings. The van der Waals surface area contributed by atoms with Crippen molar-refractivity contribution in [3.05, 3.63) is 47.3 Å². The van der Waals surface area contributed by atoms with Crippen LogP contribution in [0.25, 0.3) is 0 Å². The topological polar surface area (TPSA) is 81.8 Å². The molecule has 0 bridgehead atoms. The molecule has 0 fully saturated rings. The van der Waals surface area contributed by atoms with E-state index in [1.54, 1.807) is 0 Å². The van der Waals surface area contributed by atoms with E-state index in [2.05, 4.69) is 26.1 Å². The normalized spacial score (nSPS) is 13.5. The number of amides is 1. The summed E-state index contributed by atoms with van der Waals surface area (Å²) in [5, 5.41) is 16.6. The summed E-state index contributed by atoms with van der Waals surface area (Å²) in [5.41, 5.74) is 3.71. The van der Waals surface area contributed by atoms with Crippen LogP contribution in [0.2, 0.25) is 0 Å². The lowest BCUT2D eigenvalue weighted by Gasteiger charge is -2.13. The molecule has 0 saturated carbocycles. The van der Waals surface area contributed by atoms with Gasteiger partial charge in [-0.15, -0.1) is 0 Å². The highest BCUT2D eigenvalue weighted by Gasteiger charge is 2.20. The van der Waals surface area contributed by atoms with Crippen molar-refractivity contribution in [1.29, 1.82) is 0 Å². The first-order chi connectivity index (χ1) is 10.8. The molecule has 1 aromatic carbocycles. The lowest BCUT2D eigenvalue weighted by Crippen LogP contribution is -2.29. The van der Waals surface area contributed by atoms with Crippen LogP contribution in [0.15, 0.2) is 30.3 Å². The zero-order valence-electron chi connectivity index (χ0n) is 12.5. The van der Waals surface area contributed by atoms with E-state index < -0.39 is 0 Å². The second kappa shape index (κ2) is 7.09. The molecule has 4 N–H and O–H groups in total. The molecule has 0 unspecified atom stereocenters. The molecule has 0 atom stereocenters. The fraction of sp³-hybridized carbons (Fsp3) is 0.375. The highest BCUT2D eigenvalue weighted by molar-refractivity contribution is 5.94. The minimum atomic E-state index is -0.0964. The molecule has 1 amide bonds. The Balaban J connectivity index is 1.42. The van der Waals surface area contributed by atoms with Gasteiger partial charge in [0.05, 0.1) is 0 Å². The molecule has 0 spiro atoms. The van der Waals surface area contributed by atoms with Crippen molar-refractivity contribution in [2.45, 2.75) is 19.4 Å². The van der Waals surface area contributed by atoms with Gasteiger partial charge in [0.15, 0.2) is 5.69 Å². The zero-order chi connectivity index (χ0) is 15.2. The van der Waals surface area contributed by atoms with Crippen molar-refractivity contribution < 1.29 is 4.79 Å². The van der Waals surface area contributed by atoms with Gasteiger partial charge < -0.3 is 16.0 Å². The van der Waals surface area contributed by atoms with Gasteiger partial charge in [0, 0.05) is 49.5 Å². The quantitative estimate of drug-likeness (QED) is 0.606. The number of hydrogen-bond donors (Lipinski definition) is 4. The highest BCUT2D eigenvalue weighted by Crippen LogP contribution is 2.14. The Hall–Kier alpha value is -2.34. The molecule has 1 aliphatic heterocycles. The maximum Gasteiger partial charge on any atom is 0.272 e. The number of aromatic nitrogens is 2. The number of nitrogens with one attached hydrogen (secondary N) is 4. The number of nitrogens with zero attached hydrogens (tertiary/aromatic N) is 1. The first-order valence-corrected chi connectivity index (χ1v) is 7.68. The van der Waals surface area contributed by atoms with Crippen LogP contribution in [0.1, 0.15) is 28.2 Å². The Kier molecular flexibility index (Phi) is 4.70. The Morgan fingerprint density at radius 3 is 2.95 bits per heavy atom. The van der Waals surface area contributed by atoms with Crippen molar-refractivity contribution in [1.82, 2.24) is 20.8 Å². The van der Waals surface area contributed by atoms with E-state index in [0.717, 1.165) is 42.9 Å². The molecule has 0 saturated heterocycles. The summed E-state index contributed by atoms with van der Waals surface area (Å²) in [4.78, 5) is 12.2. The minimum Gasteiger partial charge on any atom is -0.385 e. The number of rotatable bonds is 6. The van der Waals surface area contributed by atoms with E-state index >= 15 is 0 Å². The van der Waals surface area contributed by atoms with Crippen LogP contribution in [0.5, 0.6) is 0 Å². The van der Waals surface area contributed by atoms with Crippen LogP contribution in [0.4, 0.5) is 5.69 Å². The van der Waals surface area contributed by atoms with Crippen LogP contribution in [0, 0.1) is 0 Å². The number of H-pyrrole nitrogens is 1. The molecular formula is C16H21N5O. The van der Waals surface area contributed by atoms with Gasteiger partial charge in [0.2, 0.25) is 0 Å². The molecule has 0 radical (unpaired) electrons. The standard InChI is InChI=1S/C16H21N5O/c22-16(15-13-11-17-10-7-14(13)20-21-15)19-9-4-8-18-12-5-2-1-3-6-12/h1-3,5-6,17-18H,4,7-11H2,(H,19,22)(H,20,21). The molecule has 1 aliphatic rings. The highest BCUT2D eigenvalue weighted by atomic mass is 16.1. The van der Waals surface area contributed by atoms with E-state index in [0.29, 0.717) is 18.8 Å². The van der Waals surface area contributed by atoms with Gasteiger partial charge in [-0.3, -0.25) is 9.89 Å². The van der Waals surface area contributed by atoms with Gasteiger partial charge in [-0.05, 0) is 18.6 Å². The molecule has 3 rings (SSSR count). The number of benzene rings is 1. The second-order valence-electron chi connectivity index (χ2n) is 5.36. The number of anilines is 1. The zero-order valence-corrected chi connectivity index (χ0v) is 12.5. The van der Waals surface area contributed by atoms with Gasteiger partial charge in [-0.1, -0.05) is 18.2 Å². The number of hydrogen-bond acceptors (Lipinski definition) is 4. The number of carbonyl (C=O) groups excluding carboxylic acids is 1. The van der Waals surface area contributed by atoms with Gasteiger partial charge in [-0.25, -0.2) is 0 Å². The lowest BCUT2D eigenvalue weighted by atomic mass is 10.1. The van der Waals surface area contributed by atoms with Crippen LogP contribution in [-0.4, -0.2) is 35.7 Å². The summed E-state index contributed by atoms with van der Waals surface area (Å²) in [6.07, 6.45) is 1.77. The largest absolute Gasteiger partial charge is 0.385 e. The average molecular weight is 299 g/mol. The smallest absolute Gasteiger partial charge is 0.272 e. The van der Waals surface area contributed by atoms with Crippen molar-refractivity contribution >= 4 is 11.6 Å². The predicted molar refractivity (Wildman–Crippen MR) is 85.9 cm³/mol. The maximum absolute atomic E-state index is 12.2. The molecule has 6 nitrogen and oxygen atoms in total. The predicted octanol–water partition coefficient (Wildman–Crippen LogP) is 1.29. The molecule has 6 heteroatoms. The van der Waals surface area contributed by atoms with Crippen molar-refractivity contribution in [3.8, 4) is 0 Å². The Bertz CT molecular complexity index is 623. The van der Waals surface area contributed by atoms with Gasteiger partial charge in [0.25, 0.3) is 5.91 Å². The summed E-state index contributed by atoms with van der Waals surface area (Å²) in [6, 6.07) is 10.0. The maximum atomic E-state index is 12.2. The first kappa shape index (κ1) is 14.6. The lowest BCUT2D eigenvalue weighted by molar-refractivity contribution is 0.0947. The van der Waals surface area contributed by atoms with Crippen molar-refractivity contribution in [2.24, 2.45) is 0 Å². The number of para-hydroxylation sites is 1. The van der Waals surface area contributed by atoms with Crippen LogP contribution >= 0.6 is 0 Å². The SMILES string of the molecule is O=C(NCCCNc1ccccc1)c1n[nH]c2c1CNCC2. The molecule has 22 heavy (non-hydrogen) atoms. The van der Waals surface area contributed by atoms with Crippen LogP contribution < -0.4 is 16.0 Å². The second-order valence-corrected chi connectivity index (χ2v) is 5.36. The monoisotopic (exact) mass is 299 g/mol. The third-order valence-electron chi connectivity index (χ3n) is 3.76. The molecule has 116 valence electrons. The Morgan fingerprint density at radius 2 is 2.09 bits per heavy atom. The third kappa shape index (κ3) is 3.46. The van der Waals surface area contributed by atoms with E-state index in [4.69, 9.17) is 0 Å². The van der Waals surface area contributed by atoms with Gasteiger partial charge in [0.1, 0.15) is 0 Å². The summed E-state index contributed by atoms with van der Waals surface area (Å²) in [6.45, 7) is 3.10. The van der Waals surface area contributed by atoms with Crippen LogP contribution in [-0.2, 0) is 13.0 Å². The fourth-order valence-electron chi connectivity index (χ4n) is 2.58. The molecule has 0 aliphatic carbocycles. The molecule has 1 aromatic heterocycles. The number of aromatic amines is 1. The number of carbonyl (C=O) groups is 1. The average Bonchev–Trinajstić information content (AvgIpc) is 2.99. The Labute approximate surface area is 129 Å². The third-order valence-corrected chi connectivity index (χ3v) is 3.76.